The van der Waals surface area contributed by atoms with E-state index >= 15 is 0 Å². The van der Waals surface area contributed by atoms with Gasteiger partial charge in [-0.25, -0.2) is 0 Å². The van der Waals surface area contributed by atoms with Gasteiger partial charge in [-0.05, 0) is 24.3 Å². The SMILES string of the molecule is COC(=O)CC1CN(C(=O)c2ccc(N)cc2)CCO1. The summed E-state index contributed by atoms with van der Waals surface area (Å²) in [5.41, 5.74) is 6.80. The number of carbonyl (C=O) groups is 2. The van der Waals surface area contributed by atoms with Crippen molar-refractivity contribution in [2.24, 2.45) is 0 Å². The van der Waals surface area contributed by atoms with Gasteiger partial charge < -0.3 is 20.1 Å². The van der Waals surface area contributed by atoms with Gasteiger partial charge in [-0.2, -0.15) is 0 Å². The molecule has 2 N–H and O–H groups in total. The van der Waals surface area contributed by atoms with E-state index in [1.54, 1.807) is 29.2 Å². The summed E-state index contributed by atoms with van der Waals surface area (Å²) in [5.74, 6) is -0.417. The number of hydrogen-bond acceptors (Lipinski definition) is 5. The summed E-state index contributed by atoms with van der Waals surface area (Å²) < 4.78 is 10.1. The molecule has 0 bridgehead atoms. The summed E-state index contributed by atoms with van der Waals surface area (Å²) in [7, 11) is 1.34. The Hall–Kier alpha value is -2.08. The van der Waals surface area contributed by atoms with Crippen LogP contribution in [0.15, 0.2) is 24.3 Å². The van der Waals surface area contributed by atoms with Crippen molar-refractivity contribution < 1.29 is 19.1 Å². The molecule has 0 spiro atoms. The molecule has 1 fully saturated rings. The van der Waals surface area contributed by atoms with Gasteiger partial charge in [-0.15, -0.1) is 0 Å². The van der Waals surface area contributed by atoms with Crippen molar-refractivity contribution in [3.05, 3.63) is 29.8 Å². The first-order valence-electron chi connectivity index (χ1n) is 6.43. The number of ether oxygens (including phenoxy) is 2. The zero-order valence-corrected chi connectivity index (χ0v) is 11.4. The molecule has 0 aliphatic carbocycles. The molecule has 1 aliphatic rings. The van der Waals surface area contributed by atoms with Crippen LogP contribution in [-0.4, -0.2) is 49.7 Å². The number of nitrogen functional groups attached to an aromatic ring is 1. The molecule has 1 amide bonds. The molecular formula is C14H18N2O4. The highest BCUT2D eigenvalue weighted by atomic mass is 16.5. The molecule has 2 rings (SSSR count). The van der Waals surface area contributed by atoms with Crippen molar-refractivity contribution in [2.75, 3.05) is 32.5 Å². The number of amides is 1. The maximum atomic E-state index is 12.3. The van der Waals surface area contributed by atoms with Crippen molar-refractivity contribution >= 4 is 17.6 Å². The number of carbonyl (C=O) groups excluding carboxylic acids is 2. The van der Waals surface area contributed by atoms with Gasteiger partial charge >= 0.3 is 5.97 Å². The lowest BCUT2D eigenvalue weighted by molar-refractivity contribution is -0.145. The van der Waals surface area contributed by atoms with Crippen LogP contribution in [0.3, 0.4) is 0 Å². The average Bonchev–Trinajstić information content (AvgIpc) is 2.47. The summed E-state index contributed by atoms with van der Waals surface area (Å²) in [6, 6.07) is 6.78. The Balaban J connectivity index is 1.99. The fourth-order valence-corrected chi connectivity index (χ4v) is 2.10. The van der Waals surface area contributed by atoms with E-state index < -0.39 is 0 Å². The molecule has 1 saturated heterocycles. The van der Waals surface area contributed by atoms with Gasteiger partial charge in [0.1, 0.15) is 0 Å². The monoisotopic (exact) mass is 278 g/mol. The fraction of sp³-hybridized carbons (Fsp3) is 0.429. The third kappa shape index (κ3) is 3.48. The van der Waals surface area contributed by atoms with Crippen LogP contribution in [0.4, 0.5) is 5.69 Å². The Kier molecular flexibility index (Phi) is 4.57. The van der Waals surface area contributed by atoms with Crippen LogP contribution in [0.2, 0.25) is 0 Å². The Morgan fingerprint density at radius 3 is 2.75 bits per heavy atom. The molecule has 0 saturated carbocycles. The molecule has 1 atom stereocenters. The van der Waals surface area contributed by atoms with E-state index in [4.69, 9.17) is 10.5 Å². The molecule has 1 unspecified atom stereocenters. The molecule has 1 aliphatic heterocycles. The molecule has 1 heterocycles. The van der Waals surface area contributed by atoms with Crippen molar-refractivity contribution in [3.63, 3.8) is 0 Å². The van der Waals surface area contributed by atoms with Gasteiger partial charge in [0.05, 0.1) is 26.2 Å². The van der Waals surface area contributed by atoms with E-state index in [-0.39, 0.29) is 24.4 Å². The fourth-order valence-electron chi connectivity index (χ4n) is 2.10. The predicted octanol–water partition coefficient (Wildman–Crippen LogP) is 0.673. The van der Waals surface area contributed by atoms with E-state index in [1.807, 2.05) is 0 Å². The van der Waals surface area contributed by atoms with Crippen molar-refractivity contribution in [1.82, 2.24) is 4.90 Å². The lowest BCUT2D eigenvalue weighted by Gasteiger charge is -2.32. The maximum absolute atomic E-state index is 12.3. The molecule has 20 heavy (non-hydrogen) atoms. The summed E-state index contributed by atoms with van der Waals surface area (Å²) in [6.45, 7) is 1.32. The topological polar surface area (TPSA) is 81.9 Å². The lowest BCUT2D eigenvalue weighted by atomic mass is 10.1. The molecule has 6 heteroatoms. The molecular weight excluding hydrogens is 260 g/mol. The zero-order valence-electron chi connectivity index (χ0n) is 11.4. The van der Waals surface area contributed by atoms with Gasteiger partial charge in [-0.3, -0.25) is 9.59 Å². The van der Waals surface area contributed by atoms with Crippen LogP contribution in [0.1, 0.15) is 16.8 Å². The normalized spacial score (nSPS) is 18.6. The maximum Gasteiger partial charge on any atom is 0.308 e. The first-order valence-corrected chi connectivity index (χ1v) is 6.43. The minimum atomic E-state index is -0.336. The second kappa shape index (κ2) is 6.38. The quantitative estimate of drug-likeness (QED) is 0.649. The van der Waals surface area contributed by atoms with Gasteiger partial charge in [-0.1, -0.05) is 0 Å². The summed E-state index contributed by atoms with van der Waals surface area (Å²) in [6.07, 6.45) is -0.156. The van der Waals surface area contributed by atoms with Crippen molar-refractivity contribution in [1.29, 1.82) is 0 Å². The van der Waals surface area contributed by atoms with Crippen LogP contribution in [0.5, 0.6) is 0 Å². The highest BCUT2D eigenvalue weighted by molar-refractivity contribution is 5.94. The molecule has 1 aromatic rings. The summed E-state index contributed by atoms with van der Waals surface area (Å²) >= 11 is 0. The number of esters is 1. The second-order valence-corrected chi connectivity index (χ2v) is 4.65. The van der Waals surface area contributed by atoms with Gasteiger partial charge in [0.25, 0.3) is 5.91 Å². The summed E-state index contributed by atoms with van der Waals surface area (Å²) in [4.78, 5) is 25.3. The van der Waals surface area contributed by atoms with E-state index in [0.717, 1.165) is 0 Å². The molecule has 1 aromatic carbocycles. The number of anilines is 1. The van der Waals surface area contributed by atoms with Crippen LogP contribution in [0, 0.1) is 0 Å². The van der Waals surface area contributed by atoms with Crippen LogP contribution >= 0.6 is 0 Å². The number of nitrogens with two attached hydrogens (primary N) is 1. The highest BCUT2D eigenvalue weighted by Gasteiger charge is 2.26. The van der Waals surface area contributed by atoms with E-state index in [1.165, 1.54) is 7.11 Å². The largest absolute Gasteiger partial charge is 0.469 e. The highest BCUT2D eigenvalue weighted by Crippen LogP contribution is 2.14. The van der Waals surface area contributed by atoms with E-state index in [0.29, 0.717) is 30.9 Å². The number of benzene rings is 1. The molecule has 108 valence electrons. The molecule has 6 nitrogen and oxygen atoms in total. The molecule has 0 aromatic heterocycles. The number of methoxy groups -OCH3 is 1. The zero-order chi connectivity index (χ0) is 14.5. The molecule has 0 radical (unpaired) electrons. The first-order chi connectivity index (χ1) is 9.60. The van der Waals surface area contributed by atoms with Crippen molar-refractivity contribution in [2.45, 2.75) is 12.5 Å². The number of hydrogen-bond donors (Lipinski definition) is 1. The Morgan fingerprint density at radius 1 is 1.40 bits per heavy atom. The third-order valence-corrected chi connectivity index (χ3v) is 3.21. The van der Waals surface area contributed by atoms with E-state index in [2.05, 4.69) is 4.74 Å². The first kappa shape index (κ1) is 14.3. The second-order valence-electron chi connectivity index (χ2n) is 4.65. The van der Waals surface area contributed by atoms with Gasteiger partial charge in [0.15, 0.2) is 0 Å². The number of morpholine rings is 1. The Labute approximate surface area is 117 Å². The van der Waals surface area contributed by atoms with Gasteiger partial charge in [0, 0.05) is 24.3 Å². The summed E-state index contributed by atoms with van der Waals surface area (Å²) in [5, 5.41) is 0. The number of rotatable bonds is 3. The van der Waals surface area contributed by atoms with Crippen LogP contribution < -0.4 is 5.73 Å². The number of nitrogens with zero attached hydrogens (tertiary/aromatic N) is 1. The Morgan fingerprint density at radius 2 is 2.10 bits per heavy atom. The predicted molar refractivity (Wildman–Crippen MR) is 73.1 cm³/mol. The lowest BCUT2D eigenvalue weighted by Crippen LogP contribution is -2.46. The minimum absolute atomic E-state index is 0.0804. The average molecular weight is 278 g/mol. The smallest absolute Gasteiger partial charge is 0.308 e. The minimum Gasteiger partial charge on any atom is -0.469 e. The standard InChI is InChI=1S/C14H18N2O4/c1-19-13(17)8-12-9-16(6-7-20-12)14(18)10-2-4-11(15)5-3-10/h2-5,12H,6-9,15H2,1H3. The Bertz CT molecular complexity index is 486. The van der Waals surface area contributed by atoms with Crippen LogP contribution in [-0.2, 0) is 14.3 Å². The van der Waals surface area contributed by atoms with E-state index in [9.17, 15) is 9.59 Å². The van der Waals surface area contributed by atoms with Crippen LogP contribution in [0.25, 0.3) is 0 Å². The third-order valence-electron chi connectivity index (χ3n) is 3.21. The van der Waals surface area contributed by atoms with Gasteiger partial charge in [0.2, 0.25) is 0 Å². The van der Waals surface area contributed by atoms with Crippen molar-refractivity contribution in [3.8, 4) is 0 Å².